The molecule has 1 atom stereocenters. The molecular formula is C21H28ClN5O2. The van der Waals surface area contributed by atoms with E-state index in [4.69, 9.17) is 21.1 Å². The number of rotatable bonds is 8. The van der Waals surface area contributed by atoms with Crippen LogP contribution in [0, 0.1) is 0 Å². The lowest BCUT2D eigenvalue weighted by molar-refractivity contribution is 0.327. The molecule has 0 saturated carbocycles. The van der Waals surface area contributed by atoms with Gasteiger partial charge in [0.05, 0.1) is 18.7 Å². The van der Waals surface area contributed by atoms with E-state index in [1.807, 2.05) is 36.4 Å². The van der Waals surface area contributed by atoms with E-state index < -0.39 is 0 Å². The molecule has 1 aromatic heterocycles. The van der Waals surface area contributed by atoms with Crippen LogP contribution < -0.4 is 25.0 Å². The SMILES string of the molecule is CCNC(=NCCOc1ccc(OC)cc1)NC1CCN(c2ncccc2Cl)C1. The Labute approximate surface area is 177 Å². The minimum Gasteiger partial charge on any atom is -0.497 e. The monoisotopic (exact) mass is 417 g/mol. The van der Waals surface area contributed by atoms with Gasteiger partial charge in [0.25, 0.3) is 0 Å². The first-order valence-electron chi connectivity index (χ1n) is 9.86. The molecule has 2 N–H and O–H groups in total. The molecule has 7 nitrogen and oxygen atoms in total. The maximum atomic E-state index is 6.28. The summed E-state index contributed by atoms with van der Waals surface area (Å²) in [5.41, 5.74) is 0. The molecule has 0 bridgehead atoms. The Bertz CT molecular complexity index is 800. The van der Waals surface area contributed by atoms with Gasteiger partial charge in [0.2, 0.25) is 0 Å². The molecule has 156 valence electrons. The molecule has 2 aromatic rings. The Morgan fingerprint density at radius 3 is 2.79 bits per heavy atom. The molecule has 8 heteroatoms. The second-order valence-electron chi connectivity index (χ2n) is 6.67. The highest BCUT2D eigenvalue weighted by atomic mass is 35.5. The Morgan fingerprint density at radius 2 is 2.07 bits per heavy atom. The molecule has 1 aromatic carbocycles. The summed E-state index contributed by atoms with van der Waals surface area (Å²) in [6.07, 6.45) is 2.77. The zero-order valence-electron chi connectivity index (χ0n) is 16.9. The van der Waals surface area contributed by atoms with Crippen molar-refractivity contribution in [3.8, 4) is 11.5 Å². The Balaban J connectivity index is 1.48. The molecule has 0 amide bonds. The van der Waals surface area contributed by atoms with Crippen LogP contribution in [0.1, 0.15) is 13.3 Å². The van der Waals surface area contributed by atoms with E-state index in [-0.39, 0.29) is 6.04 Å². The van der Waals surface area contributed by atoms with Gasteiger partial charge in [-0.1, -0.05) is 11.6 Å². The Hall–Kier alpha value is -2.67. The summed E-state index contributed by atoms with van der Waals surface area (Å²) in [5.74, 6) is 3.25. The molecule has 1 fully saturated rings. The van der Waals surface area contributed by atoms with E-state index in [9.17, 15) is 0 Å². The third-order valence-corrected chi connectivity index (χ3v) is 4.90. The maximum absolute atomic E-state index is 6.28. The van der Waals surface area contributed by atoms with Gasteiger partial charge < -0.3 is 25.0 Å². The molecule has 1 unspecified atom stereocenters. The number of pyridine rings is 1. The third kappa shape index (κ3) is 6.15. The van der Waals surface area contributed by atoms with Crippen LogP contribution in [0.2, 0.25) is 5.02 Å². The van der Waals surface area contributed by atoms with Gasteiger partial charge in [-0.3, -0.25) is 0 Å². The van der Waals surface area contributed by atoms with E-state index in [2.05, 4.69) is 32.4 Å². The number of aromatic nitrogens is 1. The van der Waals surface area contributed by atoms with Crippen molar-refractivity contribution < 1.29 is 9.47 Å². The predicted octanol–water partition coefficient (Wildman–Crippen LogP) is 2.96. The first-order chi connectivity index (χ1) is 14.2. The van der Waals surface area contributed by atoms with Crippen LogP contribution >= 0.6 is 11.6 Å². The second kappa shape index (κ2) is 10.8. The summed E-state index contributed by atoms with van der Waals surface area (Å²) in [6.45, 7) is 5.67. The van der Waals surface area contributed by atoms with Crippen molar-refractivity contribution in [3.63, 3.8) is 0 Å². The van der Waals surface area contributed by atoms with Crippen molar-refractivity contribution in [1.29, 1.82) is 0 Å². The molecule has 29 heavy (non-hydrogen) atoms. The zero-order valence-corrected chi connectivity index (χ0v) is 17.7. The minimum atomic E-state index is 0.286. The number of benzene rings is 1. The van der Waals surface area contributed by atoms with Gasteiger partial charge in [-0.2, -0.15) is 0 Å². The molecule has 1 aliphatic heterocycles. The lowest BCUT2D eigenvalue weighted by Gasteiger charge is -2.20. The van der Waals surface area contributed by atoms with Gasteiger partial charge in [-0.15, -0.1) is 0 Å². The van der Waals surface area contributed by atoms with Gasteiger partial charge in [0, 0.05) is 31.9 Å². The van der Waals surface area contributed by atoms with Crippen LogP contribution in [-0.4, -0.2) is 56.9 Å². The number of anilines is 1. The summed E-state index contributed by atoms with van der Waals surface area (Å²) in [4.78, 5) is 11.2. The number of nitrogens with one attached hydrogen (secondary N) is 2. The van der Waals surface area contributed by atoms with Gasteiger partial charge in [-0.25, -0.2) is 9.98 Å². The van der Waals surface area contributed by atoms with E-state index in [1.165, 1.54) is 0 Å². The summed E-state index contributed by atoms with van der Waals surface area (Å²) in [5, 5.41) is 7.48. The smallest absolute Gasteiger partial charge is 0.191 e. The molecule has 0 spiro atoms. The van der Waals surface area contributed by atoms with Crippen LogP contribution in [-0.2, 0) is 0 Å². The number of hydrogen-bond acceptors (Lipinski definition) is 5. The highest BCUT2D eigenvalue weighted by Crippen LogP contribution is 2.25. The summed E-state index contributed by atoms with van der Waals surface area (Å²) in [6, 6.07) is 11.5. The molecule has 0 aliphatic carbocycles. The second-order valence-corrected chi connectivity index (χ2v) is 7.08. The normalized spacial score (nSPS) is 16.6. The lowest BCUT2D eigenvalue weighted by Crippen LogP contribution is -2.44. The first kappa shape index (κ1) is 21.0. The van der Waals surface area contributed by atoms with E-state index >= 15 is 0 Å². The largest absolute Gasteiger partial charge is 0.497 e. The average molecular weight is 418 g/mol. The van der Waals surface area contributed by atoms with Crippen LogP contribution in [0.3, 0.4) is 0 Å². The summed E-state index contributed by atoms with van der Waals surface area (Å²) < 4.78 is 10.9. The number of halogens is 1. The number of guanidine groups is 1. The van der Waals surface area contributed by atoms with Crippen molar-refractivity contribution in [3.05, 3.63) is 47.6 Å². The Morgan fingerprint density at radius 1 is 1.28 bits per heavy atom. The first-order valence-corrected chi connectivity index (χ1v) is 10.2. The van der Waals surface area contributed by atoms with E-state index in [0.717, 1.165) is 49.3 Å². The van der Waals surface area contributed by atoms with Crippen molar-refractivity contribution in [2.45, 2.75) is 19.4 Å². The molecule has 2 heterocycles. The van der Waals surface area contributed by atoms with Gasteiger partial charge in [-0.05, 0) is 49.7 Å². The van der Waals surface area contributed by atoms with Crippen molar-refractivity contribution in [2.24, 2.45) is 4.99 Å². The van der Waals surface area contributed by atoms with Gasteiger partial charge >= 0.3 is 0 Å². The molecule has 0 radical (unpaired) electrons. The van der Waals surface area contributed by atoms with Crippen LogP contribution in [0.5, 0.6) is 11.5 Å². The van der Waals surface area contributed by atoms with Gasteiger partial charge in [0.15, 0.2) is 5.96 Å². The van der Waals surface area contributed by atoms with Crippen molar-refractivity contribution >= 4 is 23.4 Å². The molecular weight excluding hydrogens is 390 g/mol. The number of ether oxygens (including phenoxy) is 2. The van der Waals surface area contributed by atoms with Crippen LogP contribution in [0.25, 0.3) is 0 Å². The standard InChI is InChI=1S/C21H28ClN5O2/c1-3-23-21(25-12-14-29-18-8-6-17(28-2)7-9-18)26-16-10-13-27(15-16)20-19(22)5-4-11-24-20/h4-9,11,16H,3,10,12-15H2,1-2H3,(H2,23,25,26). The average Bonchev–Trinajstić information content (AvgIpc) is 3.20. The van der Waals surface area contributed by atoms with E-state index in [1.54, 1.807) is 13.3 Å². The van der Waals surface area contributed by atoms with Crippen LogP contribution in [0.15, 0.2) is 47.6 Å². The fourth-order valence-corrected chi connectivity index (χ4v) is 3.43. The van der Waals surface area contributed by atoms with Crippen molar-refractivity contribution in [2.75, 3.05) is 44.8 Å². The predicted molar refractivity (Wildman–Crippen MR) is 117 cm³/mol. The Kier molecular flexibility index (Phi) is 7.81. The number of hydrogen-bond donors (Lipinski definition) is 2. The van der Waals surface area contributed by atoms with Crippen LogP contribution in [0.4, 0.5) is 5.82 Å². The maximum Gasteiger partial charge on any atom is 0.191 e. The summed E-state index contributed by atoms with van der Waals surface area (Å²) >= 11 is 6.28. The minimum absolute atomic E-state index is 0.286. The molecule has 1 aliphatic rings. The topological polar surface area (TPSA) is 71.0 Å². The fraction of sp³-hybridized carbons (Fsp3) is 0.429. The highest BCUT2D eigenvalue weighted by Gasteiger charge is 2.25. The molecule has 3 rings (SSSR count). The number of aliphatic imine (C=N–C) groups is 1. The fourth-order valence-electron chi connectivity index (χ4n) is 3.19. The molecule has 1 saturated heterocycles. The number of nitrogens with zero attached hydrogens (tertiary/aromatic N) is 3. The zero-order chi connectivity index (χ0) is 20.5. The quantitative estimate of drug-likeness (QED) is 0.391. The summed E-state index contributed by atoms with van der Waals surface area (Å²) in [7, 11) is 1.65. The van der Waals surface area contributed by atoms with Gasteiger partial charge in [0.1, 0.15) is 23.9 Å². The number of methoxy groups -OCH3 is 1. The van der Waals surface area contributed by atoms with Crippen molar-refractivity contribution in [1.82, 2.24) is 15.6 Å². The highest BCUT2D eigenvalue weighted by molar-refractivity contribution is 6.32. The lowest BCUT2D eigenvalue weighted by atomic mass is 10.3. The van der Waals surface area contributed by atoms with E-state index in [0.29, 0.717) is 18.2 Å². The third-order valence-electron chi connectivity index (χ3n) is 4.60.